The number of hydrogen-bond donors (Lipinski definition) is 2. The zero-order valence-electron chi connectivity index (χ0n) is 10.3. The Hall–Kier alpha value is -1.24. The van der Waals surface area contributed by atoms with Crippen LogP contribution in [0.4, 0.5) is 5.82 Å². The van der Waals surface area contributed by atoms with Crippen molar-refractivity contribution in [1.82, 2.24) is 4.98 Å². The summed E-state index contributed by atoms with van der Waals surface area (Å²) in [4.78, 5) is 4.62. The second kappa shape index (κ2) is 5.60. The van der Waals surface area contributed by atoms with Crippen LogP contribution in [0.15, 0.2) is 18.2 Å². The number of pyridine rings is 1. The van der Waals surface area contributed by atoms with Crippen LogP contribution < -0.4 is 11.1 Å². The lowest BCUT2D eigenvalue weighted by Crippen LogP contribution is -2.39. The van der Waals surface area contributed by atoms with E-state index in [-0.39, 0.29) is 5.60 Å². The zero-order valence-corrected chi connectivity index (χ0v) is 11.1. The van der Waals surface area contributed by atoms with Crippen molar-refractivity contribution >= 4 is 23.0 Å². The molecule has 0 saturated carbocycles. The third-order valence-corrected chi connectivity index (χ3v) is 3.30. The van der Waals surface area contributed by atoms with Crippen LogP contribution in [0.3, 0.4) is 0 Å². The predicted octanol–water partition coefficient (Wildman–Crippen LogP) is 0.933. The number of nitrogens with two attached hydrogens (primary N) is 1. The normalized spacial score (nSPS) is 22.9. The third-order valence-electron chi connectivity index (χ3n) is 3.09. The molecule has 0 amide bonds. The van der Waals surface area contributed by atoms with Crippen LogP contribution in [0.25, 0.3) is 0 Å². The molecule has 1 fully saturated rings. The van der Waals surface area contributed by atoms with Gasteiger partial charge in [-0.15, -0.1) is 0 Å². The molecule has 2 heterocycles. The average Bonchev–Trinajstić information content (AvgIpc) is 2.86. The second-order valence-corrected chi connectivity index (χ2v) is 4.76. The van der Waals surface area contributed by atoms with Crippen molar-refractivity contribution in [3.63, 3.8) is 0 Å². The Morgan fingerprint density at radius 2 is 2.50 bits per heavy atom. The van der Waals surface area contributed by atoms with Gasteiger partial charge in [-0.25, -0.2) is 4.98 Å². The van der Waals surface area contributed by atoms with Crippen LogP contribution in [0.5, 0.6) is 0 Å². The number of rotatable bonds is 5. The molecular formula is C12H17N3O2S. The summed E-state index contributed by atoms with van der Waals surface area (Å²) in [5, 5.41) is 3.24. The van der Waals surface area contributed by atoms with Crippen LogP contribution in [0.1, 0.15) is 12.1 Å². The molecular weight excluding hydrogens is 250 g/mol. The van der Waals surface area contributed by atoms with E-state index in [1.807, 2.05) is 12.1 Å². The average molecular weight is 267 g/mol. The second-order valence-electron chi connectivity index (χ2n) is 4.32. The highest BCUT2D eigenvalue weighted by Crippen LogP contribution is 2.22. The molecule has 6 heteroatoms. The molecule has 98 valence electrons. The van der Waals surface area contributed by atoms with Gasteiger partial charge < -0.3 is 20.5 Å². The lowest BCUT2D eigenvalue weighted by Gasteiger charge is -2.26. The van der Waals surface area contributed by atoms with Gasteiger partial charge in [0.15, 0.2) is 0 Å². The highest BCUT2D eigenvalue weighted by molar-refractivity contribution is 7.80. The molecule has 2 rings (SSSR count). The highest BCUT2D eigenvalue weighted by Gasteiger charge is 2.34. The molecule has 1 aliphatic heterocycles. The first-order valence-corrected chi connectivity index (χ1v) is 6.20. The summed E-state index contributed by atoms with van der Waals surface area (Å²) in [6.07, 6.45) is 0.880. The summed E-state index contributed by atoms with van der Waals surface area (Å²) in [7, 11) is 1.70. The number of aromatic nitrogens is 1. The Labute approximate surface area is 112 Å². The molecule has 3 N–H and O–H groups in total. The Morgan fingerprint density at radius 3 is 3.11 bits per heavy atom. The number of nitrogens with one attached hydrogen (secondary N) is 1. The number of ether oxygens (including phenoxy) is 2. The number of methoxy groups -OCH3 is 1. The zero-order chi connectivity index (χ0) is 13.0. The summed E-state index contributed by atoms with van der Waals surface area (Å²) < 4.78 is 10.9. The van der Waals surface area contributed by atoms with Gasteiger partial charge in [0.2, 0.25) is 0 Å². The van der Waals surface area contributed by atoms with Crippen LogP contribution in [-0.2, 0) is 9.47 Å². The molecule has 1 aromatic rings. The lowest BCUT2D eigenvalue weighted by molar-refractivity contribution is -0.00625. The molecule has 1 saturated heterocycles. The molecule has 0 bridgehead atoms. The van der Waals surface area contributed by atoms with E-state index in [1.54, 1.807) is 13.2 Å². The summed E-state index contributed by atoms with van der Waals surface area (Å²) in [5.41, 5.74) is 5.90. The van der Waals surface area contributed by atoms with Crippen LogP contribution >= 0.6 is 12.2 Å². The van der Waals surface area contributed by atoms with Gasteiger partial charge in [0.1, 0.15) is 16.4 Å². The van der Waals surface area contributed by atoms with Crippen LogP contribution in [-0.4, -0.2) is 42.4 Å². The SMILES string of the molecule is COC1(CNc2cccc(C(N)=S)n2)CCOC1. The van der Waals surface area contributed by atoms with E-state index in [4.69, 9.17) is 27.4 Å². The number of anilines is 1. The number of thiocarbonyl (C=S) groups is 1. The van der Waals surface area contributed by atoms with Crippen molar-refractivity contribution in [1.29, 1.82) is 0 Å². The van der Waals surface area contributed by atoms with Crippen LogP contribution in [0.2, 0.25) is 0 Å². The van der Waals surface area contributed by atoms with Crippen molar-refractivity contribution in [3.05, 3.63) is 23.9 Å². The first-order chi connectivity index (χ1) is 8.65. The quantitative estimate of drug-likeness (QED) is 0.774. The van der Waals surface area contributed by atoms with Gasteiger partial charge in [-0.1, -0.05) is 18.3 Å². The molecule has 1 aromatic heterocycles. The minimum Gasteiger partial charge on any atom is -0.388 e. The molecule has 0 radical (unpaired) electrons. The van der Waals surface area contributed by atoms with Gasteiger partial charge in [0, 0.05) is 26.7 Å². The Bertz CT molecular complexity index is 433. The topological polar surface area (TPSA) is 69.4 Å². The first-order valence-electron chi connectivity index (χ1n) is 5.79. The molecule has 1 unspecified atom stereocenters. The molecule has 1 atom stereocenters. The molecule has 0 aliphatic carbocycles. The summed E-state index contributed by atoms with van der Waals surface area (Å²) in [6, 6.07) is 5.54. The van der Waals surface area contributed by atoms with Gasteiger partial charge >= 0.3 is 0 Å². The van der Waals surface area contributed by atoms with Crippen LogP contribution in [0, 0.1) is 0 Å². The van der Waals surface area contributed by atoms with Crippen molar-refractivity contribution in [3.8, 4) is 0 Å². The van der Waals surface area contributed by atoms with E-state index in [0.717, 1.165) is 18.8 Å². The van der Waals surface area contributed by atoms with E-state index in [1.165, 1.54) is 0 Å². The number of hydrogen-bond acceptors (Lipinski definition) is 5. The Kier molecular flexibility index (Phi) is 4.11. The smallest absolute Gasteiger partial charge is 0.126 e. The summed E-state index contributed by atoms with van der Waals surface area (Å²) in [6.45, 7) is 1.98. The molecule has 0 spiro atoms. The molecule has 5 nitrogen and oxygen atoms in total. The van der Waals surface area contributed by atoms with Crippen molar-refractivity contribution in [2.75, 3.05) is 32.2 Å². The van der Waals surface area contributed by atoms with E-state index in [0.29, 0.717) is 23.8 Å². The fraction of sp³-hybridized carbons (Fsp3) is 0.500. The van der Waals surface area contributed by atoms with Gasteiger partial charge in [-0.3, -0.25) is 0 Å². The van der Waals surface area contributed by atoms with Gasteiger partial charge in [-0.05, 0) is 12.1 Å². The monoisotopic (exact) mass is 267 g/mol. The highest BCUT2D eigenvalue weighted by atomic mass is 32.1. The third kappa shape index (κ3) is 2.95. The van der Waals surface area contributed by atoms with Gasteiger partial charge in [0.25, 0.3) is 0 Å². The summed E-state index contributed by atoms with van der Waals surface area (Å²) in [5.74, 6) is 0.739. The predicted molar refractivity (Wildman–Crippen MR) is 73.8 cm³/mol. The van der Waals surface area contributed by atoms with E-state index in [9.17, 15) is 0 Å². The Morgan fingerprint density at radius 1 is 1.67 bits per heavy atom. The van der Waals surface area contributed by atoms with Gasteiger partial charge in [0.05, 0.1) is 12.3 Å². The standard InChI is InChI=1S/C12H17N3O2S/c1-16-12(5-6-17-8-12)7-14-10-4-2-3-9(15-10)11(13)18/h2-4H,5-8H2,1H3,(H2,13,18)(H,14,15). The Balaban J connectivity index is 2.01. The fourth-order valence-electron chi connectivity index (χ4n) is 1.88. The maximum absolute atomic E-state index is 5.55. The largest absolute Gasteiger partial charge is 0.388 e. The minimum atomic E-state index is -0.263. The first kappa shape index (κ1) is 13.2. The lowest BCUT2D eigenvalue weighted by atomic mass is 10.0. The molecule has 0 aromatic carbocycles. The van der Waals surface area contributed by atoms with Gasteiger partial charge in [-0.2, -0.15) is 0 Å². The van der Waals surface area contributed by atoms with Crippen molar-refractivity contribution in [2.24, 2.45) is 5.73 Å². The van der Waals surface area contributed by atoms with Crippen molar-refractivity contribution < 1.29 is 9.47 Å². The van der Waals surface area contributed by atoms with E-state index >= 15 is 0 Å². The summed E-state index contributed by atoms with van der Waals surface area (Å²) >= 11 is 4.90. The minimum absolute atomic E-state index is 0.263. The maximum Gasteiger partial charge on any atom is 0.126 e. The van der Waals surface area contributed by atoms with Crippen molar-refractivity contribution in [2.45, 2.75) is 12.0 Å². The van der Waals surface area contributed by atoms with E-state index < -0.39 is 0 Å². The number of nitrogens with zero attached hydrogens (tertiary/aromatic N) is 1. The van der Waals surface area contributed by atoms with E-state index in [2.05, 4.69) is 10.3 Å². The molecule has 1 aliphatic rings. The maximum atomic E-state index is 5.55. The fourth-order valence-corrected chi connectivity index (χ4v) is 2.00. The molecule has 18 heavy (non-hydrogen) atoms.